The number of benzene rings is 11. The van der Waals surface area contributed by atoms with Crippen LogP contribution in [0.5, 0.6) is 0 Å². The maximum Gasteiger partial charge on any atom is 0.115 e. The molecule has 0 amide bonds. The molecule has 282 valence electrons. The summed E-state index contributed by atoms with van der Waals surface area (Å²) in [6.45, 7) is 0. The van der Waals surface area contributed by atoms with Crippen molar-refractivity contribution in [2.75, 3.05) is 4.90 Å². The third-order valence-corrected chi connectivity index (χ3v) is 13.0. The minimum atomic E-state index is 0.161. The second kappa shape index (κ2) is 15.9. The van der Waals surface area contributed by atoms with Gasteiger partial charge in [0.15, 0.2) is 0 Å². The van der Waals surface area contributed by atoms with E-state index in [9.17, 15) is 0 Å². The Hall–Kier alpha value is -6.96. The first-order valence-electron chi connectivity index (χ1n) is 21.3. The molecule has 0 saturated carbocycles. The number of anilines is 3. The summed E-state index contributed by atoms with van der Waals surface area (Å²) in [5, 5.41) is 9.84. The van der Waals surface area contributed by atoms with Crippen LogP contribution in [-0.2, 0) is 0 Å². The van der Waals surface area contributed by atoms with Crippen molar-refractivity contribution in [1.82, 2.24) is 0 Å². The zero-order chi connectivity index (χ0) is 44.7. The van der Waals surface area contributed by atoms with Crippen molar-refractivity contribution < 1.29 is 0 Å². The summed E-state index contributed by atoms with van der Waals surface area (Å²) in [5.74, 6) is 0. The van der Waals surface area contributed by atoms with E-state index in [4.69, 9.17) is 62.8 Å². The van der Waals surface area contributed by atoms with Gasteiger partial charge in [-0.05, 0) is 87.9 Å². The lowest BCUT2D eigenvalue weighted by atomic mass is 9.62. The van der Waals surface area contributed by atoms with Gasteiger partial charge in [0.05, 0.1) is 5.69 Å². The zero-order valence-corrected chi connectivity index (χ0v) is 35.3. The summed E-state index contributed by atoms with van der Waals surface area (Å²) in [7, 11) is 58.9. The molecule has 0 spiro atoms. The summed E-state index contributed by atoms with van der Waals surface area (Å²) in [6.07, 6.45) is 0. The molecule has 0 N–H and O–H groups in total. The average molecular weight is 802 g/mol. The SMILES string of the molecule is [B]c1c([B])c(N(c2c([B])c([B])c(-c3c(-c4ccccc4)c4ccccc4c4ccccc34)c([B])c2[B])c2cc3ccccc3c3ccccc23)c([B])c([B])c1-c1cccc2ccccc12. The Bertz CT molecular complexity index is 3710. The van der Waals surface area contributed by atoms with Gasteiger partial charge < -0.3 is 4.90 Å². The topological polar surface area (TPSA) is 3.24 Å². The van der Waals surface area contributed by atoms with Crippen molar-refractivity contribution in [3.63, 3.8) is 0 Å². The Morgan fingerprint density at radius 3 is 1.23 bits per heavy atom. The number of nitrogens with zero attached hydrogens (tertiary/aromatic N) is 1. The number of fused-ring (bicyclic) bond motifs is 7. The highest BCUT2D eigenvalue weighted by Gasteiger charge is 2.29. The molecule has 0 unspecified atom stereocenters. The molecule has 11 aromatic rings. The van der Waals surface area contributed by atoms with Crippen LogP contribution >= 0.6 is 0 Å². The molecule has 0 heterocycles. The summed E-state index contributed by atoms with van der Waals surface area (Å²) in [4.78, 5) is 1.84. The lowest BCUT2D eigenvalue weighted by molar-refractivity contribution is 1.36. The summed E-state index contributed by atoms with van der Waals surface area (Å²) < 4.78 is 0. The summed E-state index contributed by atoms with van der Waals surface area (Å²) in [6, 6.07) is 59.1. The fourth-order valence-corrected chi connectivity index (χ4v) is 9.99. The van der Waals surface area contributed by atoms with Crippen molar-refractivity contribution >= 4 is 177 Å². The second-order valence-electron chi connectivity index (χ2n) is 16.5. The molecule has 0 atom stereocenters. The van der Waals surface area contributed by atoms with Gasteiger partial charge in [-0.3, -0.25) is 0 Å². The Kier molecular flexibility index (Phi) is 10.00. The van der Waals surface area contributed by atoms with E-state index < -0.39 is 0 Å². The predicted molar refractivity (Wildman–Crippen MR) is 288 cm³/mol. The van der Waals surface area contributed by atoms with E-state index in [1.165, 1.54) is 0 Å². The molecule has 0 bridgehead atoms. The van der Waals surface area contributed by atoms with Crippen molar-refractivity contribution in [3.05, 3.63) is 176 Å². The van der Waals surface area contributed by atoms with Gasteiger partial charge in [0.2, 0.25) is 0 Å². The van der Waals surface area contributed by atoms with Crippen molar-refractivity contribution in [1.29, 1.82) is 0 Å². The summed E-state index contributed by atoms with van der Waals surface area (Å²) in [5.41, 5.74) is 7.37. The fourth-order valence-electron chi connectivity index (χ4n) is 9.99. The van der Waals surface area contributed by atoms with Crippen LogP contribution in [0.25, 0.3) is 87.2 Å². The van der Waals surface area contributed by atoms with Crippen molar-refractivity contribution in [2.45, 2.75) is 0 Å². The predicted octanol–water partition coefficient (Wildman–Crippen LogP) is 6.27. The van der Waals surface area contributed by atoms with E-state index >= 15 is 0 Å². The maximum absolute atomic E-state index is 7.48. The minimum absolute atomic E-state index is 0.161. The molecule has 0 aliphatic rings. The first kappa shape index (κ1) is 40.8. The van der Waals surface area contributed by atoms with Crippen molar-refractivity contribution in [3.8, 4) is 33.4 Å². The highest BCUT2D eigenvalue weighted by molar-refractivity contribution is 6.66. The van der Waals surface area contributed by atoms with Crippen LogP contribution in [0.3, 0.4) is 0 Å². The molecule has 65 heavy (non-hydrogen) atoms. The molecule has 16 radical (unpaired) electrons. The lowest BCUT2D eigenvalue weighted by Gasteiger charge is -2.38. The molecular formula is C56H29B8N. The normalized spacial score (nSPS) is 11.6. The molecule has 11 aromatic carbocycles. The Labute approximate surface area is 389 Å². The molecular weight excluding hydrogens is 773 g/mol. The van der Waals surface area contributed by atoms with Gasteiger partial charge in [0, 0.05) is 16.8 Å². The molecule has 0 aliphatic carbocycles. The zero-order valence-electron chi connectivity index (χ0n) is 35.3. The quantitative estimate of drug-likeness (QED) is 0.142. The Balaban J connectivity index is 1.26. The van der Waals surface area contributed by atoms with Crippen LogP contribution in [0.1, 0.15) is 0 Å². The highest BCUT2D eigenvalue weighted by Crippen LogP contribution is 2.45. The van der Waals surface area contributed by atoms with Gasteiger partial charge in [-0.1, -0.05) is 214 Å². The van der Waals surface area contributed by atoms with E-state index in [1.54, 1.807) is 0 Å². The molecule has 9 heteroatoms. The highest BCUT2D eigenvalue weighted by atomic mass is 15.2. The van der Waals surface area contributed by atoms with E-state index in [2.05, 4.69) is 60.7 Å². The number of hydrogen-bond donors (Lipinski definition) is 0. The first-order chi connectivity index (χ1) is 31.7. The minimum Gasteiger partial charge on any atom is -0.312 e. The smallest absolute Gasteiger partial charge is 0.115 e. The van der Waals surface area contributed by atoms with Gasteiger partial charge in [0.1, 0.15) is 62.8 Å². The van der Waals surface area contributed by atoms with Crippen LogP contribution in [-0.4, -0.2) is 62.8 Å². The van der Waals surface area contributed by atoms with Crippen LogP contribution in [0, 0.1) is 0 Å². The monoisotopic (exact) mass is 803 g/mol. The molecule has 1 nitrogen and oxygen atoms in total. The number of hydrogen-bond acceptors (Lipinski definition) is 1. The van der Waals surface area contributed by atoms with Gasteiger partial charge in [0.25, 0.3) is 0 Å². The Morgan fingerprint density at radius 1 is 0.262 bits per heavy atom. The van der Waals surface area contributed by atoms with E-state index in [1.807, 2.05) is 120 Å². The standard InChI is InChI=1S/C56H29B8N/c57-47-45(39-28-14-19-30-15-4-6-20-33(30)39)48(58)52(62)55(51(47)61)65(42-29-32-18-5-7-21-34(32)35-22-8-11-25-38(35)42)56-53(63)49(59)46(50(60)54(56)64)44-41-27-13-10-24-37(41)36-23-9-12-26-40(36)43(44)31-16-2-1-3-17-31/h1-29H. The first-order valence-corrected chi connectivity index (χ1v) is 21.3. The molecule has 0 aromatic heterocycles. The fraction of sp³-hybridized carbons (Fsp3) is 0. The lowest BCUT2D eigenvalue weighted by Crippen LogP contribution is -2.50. The van der Waals surface area contributed by atoms with Gasteiger partial charge in [-0.2, -0.15) is 0 Å². The molecule has 0 fully saturated rings. The number of rotatable bonds is 6. The molecule has 0 aliphatic heterocycles. The second-order valence-corrected chi connectivity index (χ2v) is 16.5. The van der Waals surface area contributed by atoms with Crippen molar-refractivity contribution in [2.24, 2.45) is 0 Å². The Morgan fingerprint density at radius 2 is 0.662 bits per heavy atom. The van der Waals surface area contributed by atoms with E-state index in [-0.39, 0.29) is 55.1 Å². The van der Waals surface area contributed by atoms with E-state index in [0.717, 1.165) is 76.1 Å². The summed E-state index contributed by atoms with van der Waals surface area (Å²) >= 11 is 0. The van der Waals surface area contributed by atoms with Gasteiger partial charge in [-0.15, -0.1) is 0 Å². The van der Waals surface area contributed by atoms with E-state index in [0.29, 0.717) is 16.8 Å². The van der Waals surface area contributed by atoms with Gasteiger partial charge in [-0.25, -0.2) is 0 Å². The van der Waals surface area contributed by atoms with Crippen LogP contribution < -0.4 is 48.6 Å². The molecule has 11 rings (SSSR count). The van der Waals surface area contributed by atoms with Crippen LogP contribution in [0.15, 0.2) is 176 Å². The van der Waals surface area contributed by atoms with Crippen LogP contribution in [0.2, 0.25) is 0 Å². The third-order valence-electron chi connectivity index (χ3n) is 13.0. The van der Waals surface area contributed by atoms with Gasteiger partial charge >= 0.3 is 0 Å². The van der Waals surface area contributed by atoms with Crippen LogP contribution in [0.4, 0.5) is 17.1 Å². The maximum atomic E-state index is 7.48. The average Bonchev–Trinajstić information content (AvgIpc) is 3.35. The third kappa shape index (κ3) is 6.27. The largest absolute Gasteiger partial charge is 0.312 e. The molecule has 0 saturated heterocycles.